The van der Waals surface area contributed by atoms with Crippen molar-refractivity contribution in [3.63, 3.8) is 0 Å². The Bertz CT molecular complexity index is 945. The van der Waals surface area contributed by atoms with Gasteiger partial charge in [0.15, 0.2) is 0 Å². The van der Waals surface area contributed by atoms with Gasteiger partial charge in [-0.05, 0) is 54.4 Å². The van der Waals surface area contributed by atoms with Crippen LogP contribution in [0, 0.1) is 5.82 Å². The summed E-state index contributed by atoms with van der Waals surface area (Å²) in [5.74, 6) is -2.38. The third-order valence-electron chi connectivity index (χ3n) is 4.80. The van der Waals surface area contributed by atoms with E-state index in [0.717, 1.165) is 35.2 Å². The quantitative estimate of drug-likeness (QED) is 0.549. The molecule has 1 aliphatic rings. The highest BCUT2D eigenvalue weighted by atomic mass is 35.5. The zero-order valence-corrected chi connectivity index (χ0v) is 16.2. The molecule has 1 saturated heterocycles. The number of carbonyl (C=O) groups excluding carboxylic acids is 2. The van der Waals surface area contributed by atoms with Crippen molar-refractivity contribution in [3.05, 3.63) is 64.4 Å². The van der Waals surface area contributed by atoms with Crippen LogP contribution in [0.1, 0.15) is 17.5 Å². The number of anilines is 1. The lowest BCUT2D eigenvalue weighted by Gasteiger charge is -2.22. The van der Waals surface area contributed by atoms with Crippen LogP contribution in [0.2, 0.25) is 5.02 Å². The molecule has 30 heavy (non-hydrogen) atoms. The maximum atomic E-state index is 13.3. The molecule has 10 heteroatoms. The molecule has 0 saturated carbocycles. The first-order valence-corrected chi connectivity index (χ1v) is 9.33. The SMILES string of the molecule is O=C(NCCc1cc(F)cc(Cl)c1)[C@@]1(O)CCN(c2ccc(C(F)(F)F)cc2)C1=O. The van der Waals surface area contributed by atoms with E-state index in [4.69, 9.17) is 11.6 Å². The number of nitrogens with one attached hydrogen (secondary N) is 1. The summed E-state index contributed by atoms with van der Waals surface area (Å²) in [5, 5.41) is 13.2. The number of rotatable bonds is 5. The average molecular weight is 445 g/mol. The van der Waals surface area contributed by atoms with Crippen molar-refractivity contribution in [2.45, 2.75) is 24.6 Å². The largest absolute Gasteiger partial charge is 0.416 e. The Hall–Kier alpha value is -2.65. The molecule has 0 aromatic heterocycles. The van der Waals surface area contributed by atoms with E-state index in [1.54, 1.807) is 0 Å². The van der Waals surface area contributed by atoms with Gasteiger partial charge in [0.1, 0.15) is 5.82 Å². The highest BCUT2D eigenvalue weighted by molar-refractivity contribution is 6.30. The monoisotopic (exact) mass is 444 g/mol. The Balaban J connectivity index is 1.63. The molecule has 2 amide bonds. The van der Waals surface area contributed by atoms with Gasteiger partial charge >= 0.3 is 6.18 Å². The van der Waals surface area contributed by atoms with E-state index in [1.807, 2.05) is 0 Å². The van der Waals surface area contributed by atoms with Crippen LogP contribution in [0.5, 0.6) is 0 Å². The van der Waals surface area contributed by atoms with E-state index in [1.165, 1.54) is 12.1 Å². The fourth-order valence-corrected chi connectivity index (χ4v) is 3.46. The lowest BCUT2D eigenvalue weighted by atomic mass is 10.0. The van der Waals surface area contributed by atoms with Gasteiger partial charge in [0.2, 0.25) is 5.60 Å². The lowest BCUT2D eigenvalue weighted by Crippen LogP contribution is -2.52. The fraction of sp³-hybridized carbons (Fsp3) is 0.300. The third kappa shape index (κ3) is 4.57. The van der Waals surface area contributed by atoms with Gasteiger partial charge in [-0.25, -0.2) is 4.39 Å². The van der Waals surface area contributed by atoms with Gasteiger partial charge in [-0.15, -0.1) is 0 Å². The second kappa shape index (κ2) is 8.23. The molecule has 0 radical (unpaired) electrons. The molecule has 0 spiro atoms. The molecule has 3 rings (SSSR count). The van der Waals surface area contributed by atoms with Crippen LogP contribution >= 0.6 is 11.6 Å². The van der Waals surface area contributed by atoms with E-state index in [-0.39, 0.29) is 36.6 Å². The van der Waals surface area contributed by atoms with Crippen molar-refractivity contribution in [3.8, 4) is 0 Å². The molecule has 2 aromatic rings. The number of amides is 2. The molecule has 0 aliphatic carbocycles. The molecular weight excluding hydrogens is 428 g/mol. The molecule has 2 aromatic carbocycles. The van der Waals surface area contributed by atoms with Crippen molar-refractivity contribution in [2.24, 2.45) is 0 Å². The van der Waals surface area contributed by atoms with E-state index in [0.29, 0.717) is 5.56 Å². The molecule has 2 N–H and O–H groups in total. The molecule has 1 fully saturated rings. The van der Waals surface area contributed by atoms with Crippen LogP contribution in [0.25, 0.3) is 0 Å². The van der Waals surface area contributed by atoms with Crippen molar-refractivity contribution in [1.82, 2.24) is 5.32 Å². The van der Waals surface area contributed by atoms with Gasteiger partial charge < -0.3 is 15.3 Å². The Morgan fingerprint density at radius 1 is 1.20 bits per heavy atom. The first kappa shape index (κ1) is 22.0. The standard InChI is InChI=1S/C20H17ClF4N2O3/c21-14-9-12(10-15(22)11-14)5-7-26-17(28)19(30)6-8-27(18(19)29)16-3-1-13(2-4-16)20(23,24)25/h1-4,9-11,30H,5-8H2,(H,26,28)/t19-/m0/s1. The predicted octanol–water partition coefficient (Wildman–Crippen LogP) is 3.32. The first-order chi connectivity index (χ1) is 14.0. The van der Waals surface area contributed by atoms with Gasteiger partial charge in [-0.2, -0.15) is 13.2 Å². The minimum absolute atomic E-state index is 0.0223. The van der Waals surface area contributed by atoms with Crippen molar-refractivity contribution in [1.29, 1.82) is 0 Å². The van der Waals surface area contributed by atoms with Crippen LogP contribution in [0.3, 0.4) is 0 Å². The van der Waals surface area contributed by atoms with Gasteiger partial charge in [-0.1, -0.05) is 11.6 Å². The topological polar surface area (TPSA) is 69.6 Å². The Kier molecular flexibility index (Phi) is 6.05. The summed E-state index contributed by atoms with van der Waals surface area (Å²) in [6, 6.07) is 7.78. The average Bonchev–Trinajstić information content (AvgIpc) is 2.96. The number of hydrogen-bond acceptors (Lipinski definition) is 3. The van der Waals surface area contributed by atoms with Crippen LogP contribution in [0.15, 0.2) is 42.5 Å². The summed E-state index contributed by atoms with van der Waals surface area (Å²) in [6.45, 7) is -0.0118. The maximum Gasteiger partial charge on any atom is 0.416 e. The summed E-state index contributed by atoms with van der Waals surface area (Å²) in [5.41, 5.74) is -2.53. The molecule has 1 aliphatic heterocycles. The Morgan fingerprint density at radius 2 is 1.87 bits per heavy atom. The van der Waals surface area contributed by atoms with Crippen molar-refractivity contribution in [2.75, 3.05) is 18.0 Å². The van der Waals surface area contributed by atoms with Gasteiger partial charge in [-0.3, -0.25) is 9.59 Å². The normalized spacial score (nSPS) is 19.3. The zero-order valence-electron chi connectivity index (χ0n) is 15.5. The summed E-state index contributed by atoms with van der Waals surface area (Å²) in [7, 11) is 0. The van der Waals surface area contributed by atoms with E-state index >= 15 is 0 Å². The fourth-order valence-electron chi connectivity index (χ4n) is 3.21. The number of benzene rings is 2. The molecular formula is C20H17ClF4N2O3. The number of halogens is 5. The summed E-state index contributed by atoms with van der Waals surface area (Å²) >= 11 is 5.77. The Morgan fingerprint density at radius 3 is 2.47 bits per heavy atom. The number of hydrogen-bond donors (Lipinski definition) is 2. The predicted molar refractivity (Wildman–Crippen MR) is 101 cm³/mol. The minimum atomic E-state index is -4.51. The summed E-state index contributed by atoms with van der Waals surface area (Å²) in [4.78, 5) is 26.1. The molecule has 0 bridgehead atoms. The number of nitrogens with zero attached hydrogens (tertiary/aromatic N) is 1. The summed E-state index contributed by atoms with van der Waals surface area (Å²) < 4.78 is 51.4. The number of aliphatic hydroxyl groups is 1. The van der Waals surface area contributed by atoms with Crippen LogP contribution in [-0.2, 0) is 22.2 Å². The van der Waals surface area contributed by atoms with E-state index < -0.39 is 35.0 Å². The molecule has 5 nitrogen and oxygen atoms in total. The van der Waals surface area contributed by atoms with Crippen LogP contribution in [0.4, 0.5) is 23.2 Å². The van der Waals surface area contributed by atoms with E-state index in [2.05, 4.69) is 5.32 Å². The van der Waals surface area contributed by atoms with E-state index in [9.17, 15) is 32.3 Å². The second-order valence-electron chi connectivity index (χ2n) is 6.90. The summed E-state index contributed by atoms with van der Waals surface area (Å²) in [6.07, 6.45) is -4.51. The van der Waals surface area contributed by atoms with Crippen molar-refractivity contribution >= 4 is 29.1 Å². The molecule has 1 heterocycles. The molecule has 160 valence electrons. The second-order valence-corrected chi connectivity index (χ2v) is 7.33. The first-order valence-electron chi connectivity index (χ1n) is 8.95. The zero-order chi connectivity index (χ0) is 22.1. The van der Waals surface area contributed by atoms with Crippen LogP contribution < -0.4 is 10.2 Å². The van der Waals surface area contributed by atoms with Gasteiger partial charge in [0.25, 0.3) is 11.8 Å². The number of alkyl halides is 3. The van der Waals surface area contributed by atoms with Crippen LogP contribution in [-0.4, -0.2) is 35.6 Å². The molecule has 0 unspecified atom stereocenters. The minimum Gasteiger partial charge on any atom is -0.372 e. The number of carbonyl (C=O) groups is 2. The molecule has 1 atom stereocenters. The maximum absolute atomic E-state index is 13.3. The highest BCUT2D eigenvalue weighted by Gasteiger charge is 2.51. The van der Waals surface area contributed by atoms with Crippen molar-refractivity contribution < 1.29 is 32.3 Å². The Labute approximate surface area is 174 Å². The lowest BCUT2D eigenvalue weighted by molar-refractivity contribution is -0.149. The highest BCUT2D eigenvalue weighted by Crippen LogP contribution is 2.33. The third-order valence-corrected chi connectivity index (χ3v) is 5.02. The smallest absolute Gasteiger partial charge is 0.372 e. The van der Waals surface area contributed by atoms with Gasteiger partial charge in [0.05, 0.1) is 5.56 Å². The van der Waals surface area contributed by atoms with Gasteiger partial charge in [0, 0.05) is 30.2 Å².